The van der Waals surface area contributed by atoms with Crippen LogP contribution in [-0.4, -0.2) is 28.8 Å². The van der Waals surface area contributed by atoms with Crippen LogP contribution in [0, 0.1) is 5.82 Å². The van der Waals surface area contributed by atoms with Crippen LogP contribution in [0.2, 0.25) is 5.02 Å². The van der Waals surface area contributed by atoms with E-state index in [1.807, 2.05) is 42.5 Å². The number of rotatable bonds is 9. The van der Waals surface area contributed by atoms with E-state index in [0.29, 0.717) is 22.6 Å². The summed E-state index contributed by atoms with van der Waals surface area (Å²) in [6.45, 7) is -0.00839. The molecule has 4 rings (SSSR count). The van der Waals surface area contributed by atoms with Crippen molar-refractivity contribution in [2.45, 2.75) is 63.6 Å². The average Bonchev–Trinajstić information content (AvgIpc) is 2.89. The molecule has 0 aliphatic heterocycles. The summed E-state index contributed by atoms with van der Waals surface area (Å²) in [5.41, 5.74) is 1.98. The Balaban J connectivity index is 1.67. The van der Waals surface area contributed by atoms with Gasteiger partial charge in [-0.05, 0) is 36.1 Å². The number of hydrogen-bond donors (Lipinski definition) is 1. The summed E-state index contributed by atoms with van der Waals surface area (Å²) in [5, 5.41) is 3.69. The predicted molar refractivity (Wildman–Crippen MR) is 141 cm³/mol. The van der Waals surface area contributed by atoms with E-state index < -0.39 is 11.9 Å². The number of hydrogen-bond acceptors (Lipinski definition) is 2. The number of halogens is 2. The number of carbonyl (C=O) groups is 2. The van der Waals surface area contributed by atoms with Gasteiger partial charge in [0.2, 0.25) is 11.8 Å². The van der Waals surface area contributed by atoms with Gasteiger partial charge in [-0.2, -0.15) is 0 Å². The molecule has 0 spiro atoms. The van der Waals surface area contributed by atoms with Crippen LogP contribution in [0.3, 0.4) is 0 Å². The SMILES string of the molecule is O=C(NC1CCCCC1)[C@@H](Cc1ccccc1)N(Cc1ccccc1F)C(=O)Cc1ccccc1Cl. The fourth-order valence-electron chi connectivity index (χ4n) is 4.81. The van der Waals surface area contributed by atoms with Crippen molar-refractivity contribution < 1.29 is 14.0 Å². The summed E-state index contributed by atoms with van der Waals surface area (Å²) >= 11 is 6.35. The van der Waals surface area contributed by atoms with Crippen LogP contribution < -0.4 is 5.32 Å². The topological polar surface area (TPSA) is 49.4 Å². The van der Waals surface area contributed by atoms with Crippen molar-refractivity contribution in [3.63, 3.8) is 0 Å². The number of benzene rings is 3. The third-order valence-electron chi connectivity index (χ3n) is 6.82. The molecule has 0 unspecified atom stereocenters. The number of nitrogens with zero attached hydrogens (tertiary/aromatic N) is 1. The second kappa shape index (κ2) is 12.7. The second-order valence-electron chi connectivity index (χ2n) is 9.43. The normalized spacial score (nSPS) is 14.7. The van der Waals surface area contributed by atoms with Gasteiger partial charge in [-0.25, -0.2) is 4.39 Å². The molecule has 1 aliphatic carbocycles. The zero-order valence-corrected chi connectivity index (χ0v) is 21.1. The predicted octanol–water partition coefficient (Wildman–Crippen LogP) is 6.11. The summed E-state index contributed by atoms with van der Waals surface area (Å²) < 4.78 is 14.7. The Morgan fingerprint density at radius 3 is 2.22 bits per heavy atom. The highest BCUT2D eigenvalue weighted by atomic mass is 35.5. The molecule has 0 radical (unpaired) electrons. The van der Waals surface area contributed by atoms with Crippen molar-refractivity contribution in [3.05, 3.63) is 106 Å². The monoisotopic (exact) mass is 506 g/mol. The Morgan fingerprint density at radius 1 is 0.889 bits per heavy atom. The molecule has 4 nitrogen and oxygen atoms in total. The highest BCUT2D eigenvalue weighted by Gasteiger charge is 2.32. The molecule has 0 heterocycles. The molecule has 6 heteroatoms. The van der Waals surface area contributed by atoms with E-state index in [-0.39, 0.29) is 30.8 Å². The lowest BCUT2D eigenvalue weighted by molar-refractivity contribution is -0.141. The number of amides is 2. The van der Waals surface area contributed by atoms with Gasteiger partial charge in [0.05, 0.1) is 6.42 Å². The van der Waals surface area contributed by atoms with Crippen molar-refractivity contribution in [3.8, 4) is 0 Å². The second-order valence-corrected chi connectivity index (χ2v) is 9.84. The lowest BCUT2D eigenvalue weighted by Crippen LogP contribution is -2.53. The molecule has 36 heavy (non-hydrogen) atoms. The lowest BCUT2D eigenvalue weighted by atomic mass is 9.94. The zero-order chi connectivity index (χ0) is 25.3. The molecule has 3 aromatic carbocycles. The minimum atomic E-state index is -0.788. The first-order chi connectivity index (χ1) is 17.5. The van der Waals surface area contributed by atoms with E-state index >= 15 is 0 Å². The van der Waals surface area contributed by atoms with E-state index in [4.69, 9.17) is 11.6 Å². The third kappa shape index (κ3) is 6.94. The van der Waals surface area contributed by atoms with Gasteiger partial charge in [-0.1, -0.05) is 97.6 Å². The maximum absolute atomic E-state index is 14.7. The Kier molecular flexibility index (Phi) is 9.12. The van der Waals surface area contributed by atoms with Crippen LogP contribution in [-0.2, 0) is 29.0 Å². The van der Waals surface area contributed by atoms with Gasteiger partial charge in [-0.15, -0.1) is 0 Å². The first-order valence-electron chi connectivity index (χ1n) is 12.6. The molecule has 1 fully saturated rings. The first kappa shape index (κ1) is 25.9. The van der Waals surface area contributed by atoms with Gasteiger partial charge < -0.3 is 10.2 Å². The van der Waals surface area contributed by atoms with Crippen LogP contribution in [0.4, 0.5) is 4.39 Å². The molecule has 0 saturated heterocycles. The molecular weight excluding hydrogens is 475 g/mol. The quantitative estimate of drug-likeness (QED) is 0.380. The van der Waals surface area contributed by atoms with E-state index in [0.717, 1.165) is 31.2 Å². The Labute approximate surface area is 217 Å². The number of nitrogens with one attached hydrogen (secondary N) is 1. The lowest BCUT2D eigenvalue weighted by Gasteiger charge is -2.33. The Hall–Kier alpha value is -3.18. The standard InChI is InChI=1S/C30H32ClFN2O2/c31-26-17-9-7-13-23(26)20-29(35)34(21-24-14-8-10-18-27(24)32)28(19-22-11-3-1-4-12-22)30(36)33-25-15-5-2-6-16-25/h1,3-4,7-14,17-18,25,28H,2,5-6,15-16,19-21H2,(H,33,36)/t28-/m1/s1. The summed E-state index contributed by atoms with van der Waals surface area (Å²) in [5.74, 6) is -0.875. The number of carbonyl (C=O) groups excluding carboxylic acids is 2. The summed E-state index contributed by atoms with van der Waals surface area (Å²) in [4.78, 5) is 29.0. The summed E-state index contributed by atoms with van der Waals surface area (Å²) in [6, 6.07) is 22.5. The Bertz CT molecular complexity index is 1160. The molecule has 188 valence electrons. The third-order valence-corrected chi connectivity index (χ3v) is 7.19. The molecule has 1 N–H and O–H groups in total. The Morgan fingerprint density at radius 2 is 1.53 bits per heavy atom. The zero-order valence-electron chi connectivity index (χ0n) is 20.3. The molecule has 0 bridgehead atoms. The van der Waals surface area contributed by atoms with Gasteiger partial charge in [0.25, 0.3) is 0 Å². The van der Waals surface area contributed by atoms with E-state index in [1.165, 1.54) is 17.4 Å². The minimum absolute atomic E-state index is 0.00839. The van der Waals surface area contributed by atoms with Gasteiger partial charge in [0, 0.05) is 29.6 Å². The highest BCUT2D eigenvalue weighted by molar-refractivity contribution is 6.31. The van der Waals surface area contributed by atoms with Crippen molar-refractivity contribution in [2.24, 2.45) is 0 Å². The van der Waals surface area contributed by atoms with Crippen LogP contribution in [0.1, 0.15) is 48.8 Å². The van der Waals surface area contributed by atoms with Gasteiger partial charge in [-0.3, -0.25) is 9.59 Å². The van der Waals surface area contributed by atoms with Crippen LogP contribution in [0.15, 0.2) is 78.9 Å². The average molecular weight is 507 g/mol. The summed E-state index contributed by atoms with van der Waals surface area (Å²) in [6.07, 6.45) is 5.57. The fraction of sp³-hybridized carbons (Fsp3) is 0.333. The molecule has 1 aliphatic rings. The maximum atomic E-state index is 14.7. The van der Waals surface area contributed by atoms with E-state index in [2.05, 4.69) is 5.32 Å². The van der Waals surface area contributed by atoms with Crippen molar-refractivity contribution in [2.75, 3.05) is 0 Å². The summed E-state index contributed by atoms with van der Waals surface area (Å²) in [7, 11) is 0. The molecule has 0 aromatic heterocycles. The van der Waals surface area contributed by atoms with Crippen molar-refractivity contribution in [1.82, 2.24) is 10.2 Å². The molecule has 1 saturated carbocycles. The van der Waals surface area contributed by atoms with Gasteiger partial charge in [0.1, 0.15) is 11.9 Å². The van der Waals surface area contributed by atoms with E-state index in [1.54, 1.807) is 30.3 Å². The molecule has 3 aromatic rings. The fourth-order valence-corrected chi connectivity index (χ4v) is 5.02. The van der Waals surface area contributed by atoms with Gasteiger partial charge in [0.15, 0.2) is 0 Å². The van der Waals surface area contributed by atoms with Crippen molar-refractivity contribution in [1.29, 1.82) is 0 Å². The van der Waals surface area contributed by atoms with Crippen molar-refractivity contribution >= 4 is 23.4 Å². The highest BCUT2D eigenvalue weighted by Crippen LogP contribution is 2.22. The molecule has 1 atom stereocenters. The largest absolute Gasteiger partial charge is 0.352 e. The molecular formula is C30H32ClFN2O2. The van der Waals surface area contributed by atoms with Crippen LogP contribution >= 0.6 is 11.6 Å². The van der Waals surface area contributed by atoms with E-state index in [9.17, 15) is 14.0 Å². The minimum Gasteiger partial charge on any atom is -0.352 e. The first-order valence-corrected chi connectivity index (χ1v) is 13.0. The smallest absolute Gasteiger partial charge is 0.243 e. The van der Waals surface area contributed by atoms with Crippen LogP contribution in [0.25, 0.3) is 0 Å². The van der Waals surface area contributed by atoms with Crippen LogP contribution in [0.5, 0.6) is 0 Å². The maximum Gasteiger partial charge on any atom is 0.243 e. The molecule has 2 amide bonds. The van der Waals surface area contributed by atoms with Gasteiger partial charge >= 0.3 is 0 Å².